The summed E-state index contributed by atoms with van der Waals surface area (Å²) in [4.78, 5) is 4.18. The van der Waals surface area contributed by atoms with Crippen LogP contribution in [0.25, 0.3) is 0 Å². The van der Waals surface area contributed by atoms with E-state index in [0.717, 1.165) is 5.56 Å². The summed E-state index contributed by atoms with van der Waals surface area (Å²) in [7, 11) is -3.53. The molecular weight excluding hydrogens is 288 g/mol. The van der Waals surface area contributed by atoms with Crippen LogP contribution in [-0.2, 0) is 16.6 Å². The van der Waals surface area contributed by atoms with Crippen LogP contribution in [0.4, 0.5) is 0 Å². The van der Waals surface area contributed by atoms with E-state index in [1.807, 2.05) is 30.3 Å². The van der Waals surface area contributed by atoms with E-state index in [1.54, 1.807) is 13.8 Å². The van der Waals surface area contributed by atoms with Crippen molar-refractivity contribution in [2.75, 3.05) is 0 Å². The van der Waals surface area contributed by atoms with E-state index in [0.29, 0.717) is 6.61 Å². The molecule has 0 amide bonds. The van der Waals surface area contributed by atoms with E-state index in [-0.39, 0.29) is 16.8 Å². The van der Waals surface area contributed by atoms with E-state index < -0.39 is 10.0 Å². The van der Waals surface area contributed by atoms with Gasteiger partial charge in [0.15, 0.2) is 0 Å². The van der Waals surface area contributed by atoms with Gasteiger partial charge >= 0.3 is 0 Å². The van der Waals surface area contributed by atoms with E-state index >= 15 is 0 Å². The molecule has 1 aromatic heterocycles. The van der Waals surface area contributed by atoms with Crippen molar-refractivity contribution in [3.63, 3.8) is 0 Å². The van der Waals surface area contributed by atoms with Gasteiger partial charge in [0, 0.05) is 18.3 Å². The summed E-state index contributed by atoms with van der Waals surface area (Å²) in [6, 6.07) is 12.3. The van der Waals surface area contributed by atoms with Gasteiger partial charge in [0.05, 0.1) is 4.90 Å². The molecule has 1 aromatic carbocycles. The quantitative estimate of drug-likeness (QED) is 0.889. The van der Waals surface area contributed by atoms with E-state index in [4.69, 9.17) is 4.74 Å². The van der Waals surface area contributed by atoms with Crippen molar-refractivity contribution in [3.05, 3.63) is 54.2 Å². The molecule has 5 nitrogen and oxygen atoms in total. The average molecular weight is 306 g/mol. The van der Waals surface area contributed by atoms with Crippen LogP contribution in [0.1, 0.15) is 19.4 Å². The molecule has 0 fully saturated rings. The fraction of sp³-hybridized carbons (Fsp3) is 0.267. The van der Waals surface area contributed by atoms with Crippen LogP contribution in [0.15, 0.2) is 53.6 Å². The lowest BCUT2D eigenvalue weighted by Gasteiger charge is -2.10. The van der Waals surface area contributed by atoms with Crippen LogP contribution < -0.4 is 9.46 Å². The molecular formula is C15H18N2O3S. The normalized spacial score (nSPS) is 11.6. The van der Waals surface area contributed by atoms with E-state index in [2.05, 4.69) is 9.71 Å². The van der Waals surface area contributed by atoms with Gasteiger partial charge in [-0.1, -0.05) is 30.3 Å². The molecule has 0 bridgehead atoms. The zero-order valence-electron chi connectivity index (χ0n) is 12.0. The zero-order valence-corrected chi connectivity index (χ0v) is 12.8. The van der Waals surface area contributed by atoms with Crippen molar-refractivity contribution in [1.29, 1.82) is 0 Å². The molecule has 112 valence electrons. The SMILES string of the molecule is CC(C)NS(=O)(=O)c1ccnc(OCc2ccccc2)c1. The molecule has 0 aliphatic rings. The first-order valence-electron chi connectivity index (χ1n) is 6.62. The number of sulfonamides is 1. The van der Waals surface area contributed by atoms with Gasteiger partial charge < -0.3 is 4.74 Å². The summed E-state index contributed by atoms with van der Waals surface area (Å²) >= 11 is 0. The number of ether oxygens (including phenoxy) is 1. The van der Waals surface area contributed by atoms with Crippen LogP contribution in [0.5, 0.6) is 5.88 Å². The molecule has 1 heterocycles. The van der Waals surface area contributed by atoms with Crippen molar-refractivity contribution < 1.29 is 13.2 Å². The molecule has 21 heavy (non-hydrogen) atoms. The van der Waals surface area contributed by atoms with Gasteiger partial charge in [0.25, 0.3) is 0 Å². The molecule has 0 saturated heterocycles. The lowest BCUT2D eigenvalue weighted by molar-refractivity contribution is 0.293. The minimum absolute atomic E-state index is 0.147. The summed E-state index contributed by atoms with van der Waals surface area (Å²) in [5.41, 5.74) is 0.993. The van der Waals surface area contributed by atoms with Crippen molar-refractivity contribution in [2.45, 2.75) is 31.4 Å². The highest BCUT2D eigenvalue weighted by atomic mass is 32.2. The standard InChI is InChI=1S/C15H18N2O3S/c1-12(2)17-21(18,19)14-8-9-16-15(10-14)20-11-13-6-4-3-5-7-13/h3-10,12,17H,11H2,1-2H3. The second-order valence-corrected chi connectivity index (χ2v) is 6.59. The summed E-state index contributed by atoms with van der Waals surface area (Å²) in [6.45, 7) is 3.88. The van der Waals surface area contributed by atoms with Gasteiger partial charge in [0.1, 0.15) is 6.61 Å². The Hall–Kier alpha value is -1.92. The number of aromatic nitrogens is 1. The molecule has 0 radical (unpaired) electrons. The molecule has 0 aliphatic heterocycles. The van der Waals surface area contributed by atoms with Gasteiger partial charge in [-0.25, -0.2) is 18.1 Å². The van der Waals surface area contributed by atoms with Crippen molar-refractivity contribution in [3.8, 4) is 5.88 Å². The Bertz CT molecular complexity index is 685. The topological polar surface area (TPSA) is 68.3 Å². The van der Waals surface area contributed by atoms with Crippen LogP contribution in [-0.4, -0.2) is 19.4 Å². The Kier molecular flexibility index (Phi) is 4.93. The van der Waals surface area contributed by atoms with E-state index in [1.165, 1.54) is 18.3 Å². The average Bonchev–Trinajstić information content (AvgIpc) is 2.45. The largest absolute Gasteiger partial charge is 0.473 e. The highest BCUT2D eigenvalue weighted by Crippen LogP contribution is 2.16. The third-order valence-electron chi connectivity index (χ3n) is 2.64. The molecule has 0 atom stereocenters. The predicted molar refractivity (Wildman–Crippen MR) is 80.5 cm³/mol. The van der Waals surface area contributed by atoms with Crippen LogP contribution in [0.3, 0.4) is 0 Å². The number of nitrogens with one attached hydrogen (secondary N) is 1. The molecule has 1 N–H and O–H groups in total. The molecule has 0 saturated carbocycles. The molecule has 0 spiro atoms. The highest BCUT2D eigenvalue weighted by Gasteiger charge is 2.16. The Morgan fingerprint density at radius 1 is 1.19 bits per heavy atom. The minimum Gasteiger partial charge on any atom is -0.473 e. The maximum atomic E-state index is 12.1. The number of nitrogens with zero attached hydrogens (tertiary/aromatic N) is 1. The Morgan fingerprint density at radius 2 is 1.90 bits per heavy atom. The first-order valence-corrected chi connectivity index (χ1v) is 8.11. The summed E-state index contributed by atoms with van der Waals surface area (Å²) in [5, 5.41) is 0. The number of hydrogen-bond donors (Lipinski definition) is 1. The lowest BCUT2D eigenvalue weighted by atomic mass is 10.2. The number of rotatable bonds is 6. The third-order valence-corrected chi connectivity index (χ3v) is 4.29. The molecule has 0 aliphatic carbocycles. The number of hydrogen-bond acceptors (Lipinski definition) is 4. The molecule has 2 rings (SSSR count). The fourth-order valence-corrected chi connectivity index (χ4v) is 3.00. The van der Waals surface area contributed by atoms with Gasteiger partial charge in [-0.15, -0.1) is 0 Å². The van der Waals surface area contributed by atoms with Crippen molar-refractivity contribution >= 4 is 10.0 Å². The predicted octanol–water partition coefficient (Wildman–Crippen LogP) is 2.35. The maximum absolute atomic E-state index is 12.1. The summed E-state index contributed by atoms with van der Waals surface area (Å²) in [6.07, 6.45) is 1.43. The summed E-state index contributed by atoms with van der Waals surface area (Å²) < 4.78 is 32.2. The highest BCUT2D eigenvalue weighted by molar-refractivity contribution is 7.89. The van der Waals surface area contributed by atoms with Gasteiger partial charge in [-0.3, -0.25) is 0 Å². The Balaban J connectivity index is 2.11. The number of pyridine rings is 1. The smallest absolute Gasteiger partial charge is 0.241 e. The Labute approximate surface area is 125 Å². The van der Waals surface area contributed by atoms with Crippen molar-refractivity contribution in [1.82, 2.24) is 9.71 Å². The fourth-order valence-electron chi connectivity index (χ4n) is 1.75. The monoisotopic (exact) mass is 306 g/mol. The maximum Gasteiger partial charge on any atom is 0.241 e. The minimum atomic E-state index is -3.53. The van der Waals surface area contributed by atoms with Crippen LogP contribution in [0, 0.1) is 0 Å². The van der Waals surface area contributed by atoms with E-state index in [9.17, 15) is 8.42 Å². The second kappa shape index (κ2) is 6.69. The summed E-state index contributed by atoms with van der Waals surface area (Å²) in [5.74, 6) is 0.283. The Morgan fingerprint density at radius 3 is 2.57 bits per heavy atom. The van der Waals surface area contributed by atoms with Crippen LogP contribution in [0.2, 0.25) is 0 Å². The second-order valence-electron chi connectivity index (χ2n) is 4.88. The molecule has 6 heteroatoms. The first-order chi connectivity index (χ1) is 9.97. The molecule has 2 aromatic rings. The molecule has 0 unspecified atom stereocenters. The van der Waals surface area contributed by atoms with Gasteiger partial charge in [0.2, 0.25) is 15.9 Å². The lowest BCUT2D eigenvalue weighted by Crippen LogP contribution is -2.30. The first kappa shape index (κ1) is 15.5. The van der Waals surface area contributed by atoms with Gasteiger partial charge in [-0.2, -0.15) is 0 Å². The van der Waals surface area contributed by atoms with Gasteiger partial charge in [-0.05, 0) is 25.5 Å². The zero-order chi connectivity index (χ0) is 15.3. The van der Waals surface area contributed by atoms with Crippen LogP contribution >= 0.6 is 0 Å². The number of benzene rings is 1. The third kappa shape index (κ3) is 4.54. The van der Waals surface area contributed by atoms with Crippen molar-refractivity contribution in [2.24, 2.45) is 0 Å².